The van der Waals surface area contributed by atoms with Crippen molar-refractivity contribution in [3.63, 3.8) is 0 Å². The summed E-state index contributed by atoms with van der Waals surface area (Å²) < 4.78 is 2.23. The zero-order valence-corrected chi connectivity index (χ0v) is 11.8. The number of rotatable bonds is 5. The average molecular weight is 268 g/mol. The molecule has 1 amide bonds. The molecule has 0 bridgehead atoms. The molecule has 3 rings (SSSR count). The number of nitrogens with zero attached hydrogens (tertiary/aromatic N) is 2. The van der Waals surface area contributed by atoms with Crippen molar-refractivity contribution >= 4 is 5.91 Å². The molecule has 1 aliphatic carbocycles. The largest absolute Gasteiger partial charge is 0.345 e. The van der Waals surface area contributed by atoms with E-state index in [0.717, 1.165) is 25.9 Å². The Bertz CT molecular complexity index is 584. The molecule has 0 unspecified atom stereocenters. The zero-order valence-electron chi connectivity index (χ0n) is 11.8. The standard InChI is InChI=1S/C17H20N2O/c1-14(20)19(16-9-10-16)13-17-8-5-11-18(17)12-15-6-3-2-4-7-15/h2-8,11,16H,9-10,12-13H2,1H3. The summed E-state index contributed by atoms with van der Waals surface area (Å²) in [5.41, 5.74) is 2.49. The van der Waals surface area contributed by atoms with Crippen LogP contribution in [-0.2, 0) is 17.9 Å². The van der Waals surface area contributed by atoms with Crippen LogP contribution in [-0.4, -0.2) is 21.4 Å². The van der Waals surface area contributed by atoms with Crippen molar-refractivity contribution in [1.29, 1.82) is 0 Å². The number of hydrogen-bond acceptors (Lipinski definition) is 1. The Morgan fingerprint density at radius 1 is 1.20 bits per heavy atom. The van der Waals surface area contributed by atoms with Crippen molar-refractivity contribution in [1.82, 2.24) is 9.47 Å². The normalized spacial score (nSPS) is 14.2. The average Bonchev–Trinajstić information content (AvgIpc) is 3.19. The lowest BCUT2D eigenvalue weighted by atomic mass is 10.2. The summed E-state index contributed by atoms with van der Waals surface area (Å²) in [7, 11) is 0. The third-order valence-corrected chi connectivity index (χ3v) is 3.84. The topological polar surface area (TPSA) is 25.2 Å². The third-order valence-electron chi connectivity index (χ3n) is 3.84. The monoisotopic (exact) mass is 268 g/mol. The van der Waals surface area contributed by atoms with Crippen LogP contribution in [0.15, 0.2) is 48.7 Å². The van der Waals surface area contributed by atoms with Gasteiger partial charge in [0, 0.05) is 31.4 Å². The first-order chi connectivity index (χ1) is 9.74. The highest BCUT2D eigenvalue weighted by Crippen LogP contribution is 2.28. The van der Waals surface area contributed by atoms with Crippen LogP contribution >= 0.6 is 0 Å². The van der Waals surface area contributed by atoms with Crippen molar-refractivity contribution in [2.24, 2.45) is 0 Å². The molecule has 0 spiro atoms. The number of hydrogen-bond donors (Lipinski definition) is 0. The van der Waals surface area contributed by atoms with Crippen LogP contribution in [0.3, 0.4) is 0 Å². The highest BCUT2D eigenvalue weighted by Gasteiger charge is 2.31. The van der Waals surface area contributed by atoms with Crippen molar-refractivity contribution in [3.8, 4) is 0 Å². The fourth-order valence-electron chi connectivity index (χ4n) is 2.59. The molecule has 0 radical (unpaired) electrons. The quantitative estimate of drug-likeness (QED) is 0.818. The van der Waals surface area contributed by atoms with Gasteiger partial charge in [0.15, 0.2) is 0 Å². The summed E-state index contributed by atoms with van der Waals surface area (Å²) in [6, 6.07) is 15.1. The van der Waals surface area contributed by atoms with Gasteiger partial charge < -0.3 is 9.47 Å². The Morgan fingerprint density at radius 2 is 1.95 bits per heavy atom. The first-order valence-corrected chi connectivity index (χ1v) is 7.19. The van der Waals surface area contributed by atoms with Gasteiger partial charge in [0.1, 0.15) is 0 Å². The van der Waals surface area contributed by atoms with Gasteiger partial charge in [0.05, 0.1) is 6.54 Å². The lowest BCUT2D eigenvalue weighted by Crippen LogP contribution is -2.31. The minimum atomic E-state index is 0.181. The van der Waals surface area contributed by atoms with Crippen LogP contribution in [0.4, 0.5) is 0 Å². The Hall–Kier alpha value is -2.03. The van der Waals surface area contributed by atoms with E-state index >= 15 is 0 Å². The summed E-state index contributed by atoms with van der Waals surface area (Å²) in [4.78, 5) is 13.7. The van der Waals surface area contributed by atoms with Crippen molar-refractivity contribution in [2.75, 3.05) is 0 Å². The molecule has 0 atom stereocenters. The Kier molecular flexibility index (Phi) is 3.59. The first kappa shape index (κ1) is 13.0. The Labute approximate surface area is 119 Å². The van der Waals surface area contributed by atoms with Crippen LogP contribution in [0.25, 0.3) is 0 Å². The van der Waals surface area contributed by atoms with E-state index in [0.29, 0.717) is 6.04 Å². The SMILES string of the molecule is CC(=O)N(Cc1cccn1Cc1ccccc1)C1CC1. The van der Waals surface area contributed by atoms with E-state index in [4.69, 9.17) is 0 Å². The van der Waals surface area contributed by atoms with E-state index < -0.39 is 0 Å². The van der Waals surface area contributed by atoms with E-state index in [1.807, 2.05) is 11.0 Å². The van der Waals surface area contributed by atoms with E-state index in [2.05, 4.69) is 47.2 Å². The molecule has 0 N–H and O–H groups in total. The fourth-order valence-corrected chi connectivity index (χ4v) is 2.59. The van der Waals surface area contributed by atoms with Crippen LogP contribution in [0, 0.1) is 0 Å². The molecule has 1 aromatic heterocycles. The second-order valence-electron chi connectivity index (χ2n) is 5.49. The number of benzene rings is 1. The van der Waals surface area contributed by atoms with E-state index in [-0.39, 0.29) is 5.91 Å². The molecule has 1 fully saturated rings. The molecule has 104 valence electrons. The zero-order chi connectivity index (χ0) is 13.9. The van der Waals surface area contributed by atoms with Crippen LogP contribution in [0.1, 0.15) is 31.0 Å². The number of carbonyl (C=O) groups is 1. The molecule has 20 heavy (non-hydrogen) atoms. The minimum absolute atomic E-state index is 0.181. The minimum Gasteiger partial charge on any atom is -0.345 e. The van der Waals surface area contributed by atoms with Gasteiger partial charge in [0.2, 0.25) is 5.91 Å². The maximum atomic E-state index is 11.7. The predicted octanol–water partition coefficient (Wildman–Crippen LogP) is 3.05. The van der Waals surface area contributed by atoms with E-state index in [9.17, 15) is 4.79 Å². The molecule has 0 saturated heterocycles. The maximum absolute atomic E-state index is 11.7. The highest BCUT2D eigenvalue weighted by molar-refractivity contribution is 5.73. The van der Waals surface area contributed by atoms with Gasteiger partial charge >= 0.3 is 0 Å². The predicted molar refractivity (Wildman–Crippen MR) is 79.2 cm³/mol. The van der Waals surface area contributed by atoms with Crippen molar-refractivity contribution < 1.29 is 4.79 Å². The molecule has 1 saturated carbocycles. The van der Waals surface area contributed by atoms with Gasteiger partial charge in [-0.25, -0.2) is 0 Å². The number of aromatic nitrogens is 1. The van der Waals surface area contributed by atoms with Gasteiger partial charge in [-0.3, -0.25) is 4.79 Å². The lowest BCUT2D eigenvalue weighted by Gasteiger charge is -2.21. The Balaban J connectivity index is 1.74. The molecular weight excluding hydrogens is 248 g/mol. The Morgan fingerprint density at radius 3 is 2.60 bits per heavy atom. The highest BCUT2D eigenvalue weighted by atomic mass is 16.2. The fraction of sp³-hybridized carbons (Fsp3) is 0.353. The van der Waals surface area contributed by atoms with Crippen molar-refractivity contribution in [3.05, 3.63) is 59.9 Å². The summed E-state index contributed by atoms with van der Waals surface area (Å²) in [6.45, 7) is 3.25. The molecule has 2 aromatic rings. The van der Waals surface area contributed by atoms with Gasteiger partial charge in [0.25, 0.3) is 0 Å². The second-order valence-corrected chi connectivity index (χ2v) is 5.49. The number of amides is 1. The van der Waals surface area contributed by atoms with Crippen LogP contribution in [0.2, 0.25) is 0 Å². The van der Waals surface area contributed by atoms with Crippen LogP contribution < -0.4 is 0 Å². The van der Waals surface area contributed by atoms with Gasteiger partial charge in [-0.1, -0.05) is 30.3 Å². The van der Waals surface area contributed by atoms with Gasteiger partial charge in [-0.05, 0) is 30.5 Å². The molecule has 3 heteroatoms. The summed E-state index contributed by atoms with van der Waals surface area (Å²) in [5, 5.41) is 0. The lowest BCUT2D eigenvalue weighted by molar-refractivity contribution is -0.130. The maximum Gasteiger partial charge on any atom is 0.220 e. The number of carbonyl (C=O) groups excluding carboxylic acids is 1. The van der Waals surface area contributed by atoms with E-state index in [1.165, 1.54) is 11.3 Å². The molecule has 0 aliphatic heterocycles. The molecule has 3 nitrogen and oxygen atoms in total. The smallest absolute Gasteiger partial charge is 0.220 e. The summed E-state index contributed by atoms with van der Waals surface area (Å²) in [5.74, 6) is 0.181. The third kappa shape index (κ3) is 2.93. The first-order valence-electron chi connectivity index (χ1n) is 7.19. The molecular formula is C17H20N2O. The summed E-state index contributed by atoms with van der Waals surface area (Å²) in [6.07, 6.45) is 4.39. The summed E-state index contributed by atoms with van der Waals surface area (Å²) >= 11 is 0. The van der Waals surface area contributed by atoms with Crippen LogP contribution in [0.5, 0.6) is 0 Å². The van der Waals surface area contributed by atoms with E-state index in [1.54, 1.807) is 6.92 Å². The molecule has 1 aliphatic rings. The second kappa shape index (κ2) is 5.53. The van der Waals surface area contributed by atoms with Gasteiger partial charge in [-0.15, -0.1) is 0 Å². The molecule has 1 heterocycles. The molecule has 1 aromatic carbocycles. The van der Waals surface area contributed by atoms with Gasteiger partial charge in [-0.2, -0.15) is 0 Å². The van der Waals surface area contributed by atoms with Crippen molar-refractivity contribution in [2.45, 2.75) is 38.9 Å².